The molecule has 1 aromatic heterocycles. The van der Waals surface area contributed by atoms with Crippen molar-refractivity contribution in [1.29, 1.82) is 0 Å². The van der Waals surface area contributed by atoms with E-state index >= 15 is 0 Å². The van der Waals surface area contributed by atoms with Crippen LogP contribution in [0.25, 0.3) is 5.57 Å². The third-order valence-corrected chi connectivity index (χ3v) is 5.07. The van der Waals surface area contributed by atoms with Gasteiger partial charge in [0.05, 0.1) is 0 Å². The number of nitrogens with one attached hydrogen (secondary N) is 1. The van der Waals surface area contributed by atoms with Crippen LogP contribution in [0.3, 0.4) is 0 Å². The van der Waals surface area contributed by atoms with Crippen LogP contribution in [-0.2, 0) is 10.2 Å². The van der Waals surface area contributed by atoms with Gasteiger partial charge in [-0.2, -0.15) is 5.21 Å². The summed E-state index contributed by atoms with van der Waals surface area (Å²) in [7, 11) is 0. The molecule has 2 aromatic rings. The van der Waals surface area contributed by atoms with E-state index in [0.717, 1.165) is 24.0 Å². The molecule has 1 aromatic carbocycles. The summed E-state index contributed by atoms with van der Waals surface area (Å²) in [5, 5.41) is 14.5. The first-order valence-electron chi connectivity index (χ1n) is 8.92. The fourth-order valence-corrected chi connectivity index (χ4v) is 3.87. The van der Waals surface area contributed by atoms with E-state index in [0.29, 0.717) is 18.9 Å². The number of aromatic amines is 1. The van der Waals surface area contributed by atoms with Crippen molar-refractivity contribution in [1.82, 2.24) is 25.5 Å². The van der Waals surface area contributed by atoms with Crippen LogP contribution < -0.4 is 0 Å². The van der Waals surface area contributed by atoms with Gasteiger partial charge in [-0.1, -0.05) is 30.3 Å². The Balaban J connectivity index is 1.59. The average Bonchev–Trinajstić information content (AvgIpc) is 3.22. The summed E-state index contributed by atoms with van der Waals surface area (Å²) in [6, 6.07) is 8.37. The van der Waals surface area contributed by atoms with Crippen LogP contribution in [0.15, 0.2) is 30.3 Å². The zero-order chi connectivity index (χ0) is 18.4. The lowest BCUT2D eigenvalue weighted by atomic mass is 9.74. The van der Waals surface area contributed by atoms with Gasteiger partial charge in [-0.25, -0.2) is 4.79 Å². The fraction of sp³-hybridized carbons (Fsp3) is 0.474. The number of amides is 1. The van der Waals surface area contributed by atoms with Gasteiger partial charge in [-0.15, -0.1) is 10.2 Å². The zero-order valence-electron chi connectivity index (χ0n) is 15.3. The molecule has 7 nitrogen and oxygen atoms in total. The molecule has 0 radical (unpaired) electrons. The van der Waals surface area contributed by atoms with Crippen LogP contribution in [0.5, 0.6) is 0 Å². The molecule has 0 saturated carbocycles. The highest BCUT2D eigenvalue weighted by Crippen LogP contribution is 2.48. The molecule has 7 heteroatoms. The van der Waals surface area contributed by atoms with Gasteiger partial charge in [-0.05, 0) is 50.0 Å². The predicted octanol–water partition coefficient (Wildman–Crippen LogP) is 2.91. The number of rotatable bonds is 1. The van der Waals surface area contributed by atoms with Gasteiger partial charge in [-0.3, -0.25) is 0 Å². The van der Waals surface area contributed by atoms with Crippen molar-refractivity contribution in [3.8, 4) is 0 Å². The van der Waals surface area contributed by atoms with E-state index in [9.17, 15) is 4.79 Å². The summed E-state index contributed by atoms with van der Waals surface area (Å²) < 4.78 is 5.52. The van der Waals surface area contributed by atoms with E-state index in [4.69, 9.17) is 4.74 Å². The summed E-state index contributed by atoms with van der Waals surface area (Å²) in [6.45, 7) is 7.01. The molecule has 2 heterocycles. The zero-order valence-corrected chi connectivity index (χ0v) is 15.3. The molecule has 26 heavy (non-hydrogen) atoms. The van der Waals surface area contributed by atoms with E-state index in [-0.39, 0.29) is 11.5 Å². The van der Waals surface area contributed by atoms with Crippen LogP contribution in [0.2, 0.25) is 0 Å². The molecule has 2 aliphatic rings. The minimum atomic E-state index is -0.474. The maximum Gasteiger partial charge on any atom is 0.410 e. The van der Waals surface area contributed by atoms with Crippen molar-refractivity contribution in [3.05, 3.63) is 47.3 Å². The predicted molar refractivity (Wildman–Crippen MR) is 96.4 cm³/mol. The molecule has 4 rings (SSSR count). The molecule has 1 aliphatic heterocycles. The SMILES string of the molecule is CC(C)(C)OC(=O)N1CCC2(C=C(c3nn[nH]n3)c3ccccc32)CC1. The Morgan fingerprint density at radius 1 is 1.23 bits per heavy atom. The summed E-state index contributed by atoms with van der Waals surface area (Å²) in [5.74, 6) is 0.615. The van der Waals surface area contributed by atoms with Crippen molar-refractivity contribution >= 4 is 11.7 Å². The molecule has 0 unspecified atom stereocenters. The van der Waals surface area contributed by atoms with Crippen LogP contribution >= 0.6 is 0 Å². The number of hydrogen-bond acceptors (Lipinski definition) is 5. The standard InChI is InChI=1S/C19H23N5O2/c1-18(2,3)26-17(25)24-10-8-19(9-11-24)12-14(16-20-22-23-21-16)13-6-4-5-7-15(13)19/h4-7,12H,8-11H2,1-3H3,(H,20,21,22,23). The third kappa shape index (κ3) is 2.87. The number of aromatic nitrogens is 4. The van der Waals surface area contributed by atoms with Crippen molar-refractivity contribution < 1.29 is 9.53 Å². The maximum absolute atomic E-state index is 12.4. The molecule has 0 atom stereocenters. The van der Waals surface area contributed by atoms with Crippen molar-refractivity contribution in [2.45, 2.75) is 44.6 Å². The number of benzene rings is 1. The average molecular weight is 353 g/mol. The van der Waals surface area contributed by atoms with E-state index < -0.39 is 5.60 Å². The number of H-pyrrole nitrogens is 1. The van der Waals surface area contributed by atoms with Gasteiger partial charge in [0.1, 0.15) is 5.60 Å². The minimum absolute atomic E-state index is 0.0922. The molecular formula is C19H23N5O2. The van der Waals surface area contributed by atoms with Crippen LogP contribution in [0.1, 0.15) is 50.6 Å². The van der Waals surface area contributed by atoms with E-state index in [1.807, 2.05) is 26.8 Å². The number of piperidine rings is 1. The van der Waals surface area contributed by atoms with E-state index in [1.54, 1.807) is 4.90 Å². The number of carbonyl (C=O) groups is 1. The van der Waals surface area contributed by atoms with Crippen LogP contribution in [-0.4, -0.2) is 50.3 Å². The quantitative estimate of drug-likeness (QED) is 0.852. The van der Waals surface area contributed by atoms with E-state index in [1.165, 1.54) is 5.56 Å². The van der Waals surface area contributed by atoms with Gasteiger partial charge in [0.25, 0.3) is 0 Å². The van der Waals surface area contributed by atoms with Gasteiger partial charge in [0.2, 0.25) is 5.82 Å². The van der Waals surface area contributed by atoms with Crippen LogP contribution in [0.4, 0.5) is 4.79 Å². The highest BCUT2D eigenvalue weighted by Gasteiger charge is 2.42. The maximum atomic E-state index is 12.4. The van der Waals surface area contributed by atoms with Crippen LogP contribution in [0, 0.1) is 0 Å². The van der Waals surface area contributed by atoms with Gasteiger partial charge in [0.15, 0.2) is 0 Å². The normalized spacial score (nSPS) is 18.6. The summed E-state index contributed by atoms with van der Waals surface area (Å²) in [5.41, 5.74) is 2.88. The first-order chi connectivity index (χ1) is 12.4. The smallest absolute Gasteiger partial charge is 0.410 e. The Kier molecular flexibility index (Phi) is 3.82. The topological polar surface area (TPSA) is 84.0 Å². The lowest BCUT2D eigenvalue weighted by molar-refractivity contribution is 0.0184. The van der Waals surface area contributed by atoms with Gasteiger partial charge in [0, 0.05) is 24.1 Å². The summed E-state index contributed by atoms with van der Waals surface area (Å²) in [6.07, 6.45) is 3.73. The van der Waals surface area contributed by atoms with Crippen molar-refractivity contribution in [3.63, 3.8) is 0 Å². The Labute approximate surface area is 152 Å². The molecule has 1 amide bonds. The largest absolute Gasteiger partial charge is 0.444 e. The Hall–Kier alpha value is -2.70. The number of likely N-dealkylation sites (tertiary alicyclic amines) is 1. The lowest BCUT2D eigenvalue weighted by Crippen LogP contribution is -2.45. The van der Waals surface area contributed by atoms with Crippen molar-refractivity contribution in [2.24, 2.45) is 0 Å². The molecule has 0 bridgehead atoms. The number of nitrogens with zero attached hydrogens (tertiary/aromatic N) is 4. The summed E-state index contributed by atoms with van der Waals surface area (Å²) >= 11 is 0. The second-order valence-corrected chi connectivity index (χ2v) is 7.96. The molecule has 1 aliphatic carbocycles. The number of fused-ring (bicyclic) bond motifs is 2. The Bertz CT molecular complexity index is 843. The molecular weight excluding hydrogens is 330 g/mol. The minimum Gasteiger partial charge on any atom is -0.444 e. The molecule has 1 N–H and O–H groups in total. The molecule has 1 fully saturated rings. The number of allylic oxidation sites excluding steroid dienone is 1. The first kappa shape index (κ1) is 16.8. The second kappa shape index (κ2) is 5.93. The lowest BCUT2D eigenvalue weighted by Gasteiger charge is -2.39. The Morgan fingerprint density at radius 3 is 2.62 bits per heavy atom. The van der Waals surface area contributed by atoms with Gasteiger partial charge < -0.3 is 9.64 Å². The highest BCUT2D eigenvalue weighted by molar-refractivity contribution is 5.84. The molecule has 1 spiro atoms. The highest BCUT2D eigenvalue weighted by atomic mass is 16.6. The summed E-state index contributed by atoms with van der Waals surface area (Å²) in [4.78, 5) is 14.2. The number of tetrazole rings is 1. The monoisotopic (exact) mass is 353 g/mol. The molecule has 1 saturated heterocycles. The number of carbonyl (C=O) groups excluding carboxylic acids is 1. The third-order valence-electron chi connectivity index (χ3n) is 5.07. The second-order valence-electron chi connectivity index (χ2n) is 7.96. The molecule has 136 valence electrons. The van der Waals surface area contributed by atoms with Crippen molar-refractivity contribution in [2.75, 3.05) is 13.1 Å². The van der Waals surface area contributed by atoms with E-state index in [2.05, 4.69) is 44.9 Å². The van der Waals surface area contributed by atoms with Gasteiger partial charge >= 0.3 is 6.09 Å². The number of ether oxygens (including phenoxy) is 1. The Morgan fingerprint density at radius 2 is 1.96 bits per heavy atom. The fourth-order valence-electron chi connectivity index (χ4n) is 3.87. The first-order valence-corrected chi connectivity index (χ1v) is 8.92. The number of hydrogen-bond donors (Lipinski definition) is 1.